The van der Waals surface area contributed by atoms with Crippen molar-refractivity contribution in [3.8, 4) is 0 Å². The molecule has 8 heteroatoms. The van der Waals surface area contributed by atoms with Gasteiger partial charge in [0.15, 0.2) is 0 Å². The Hall–Kier alpha value is -1.60. The first-order chi connectivity index (χ1) is 14.8. The van der Waals surface area contributed by atoms with Gasteiger partial charge < -0.3 is 19.8 Å². The van der Waals surface area contributed by atoms with Crippen molar-refractivity contribution in [2.24, 2.45) is 5.92 Å². The Labute approximate surface area is 194 Å². The Morgan fingerprint density at radius 3 is 2.71 bits per heavy atom. The third kappa shape index (κ3) is 6.94. The van der Waals surface area contributed by atoms with Gasteiger partial charge in [-0.2, -0.15) is 0 Å². The highest BCUT2D eigenvalue weighted by atomic mass is 35.5. The lowest BCUT2D eigenvalue weighted by Crippen LogP contribution is -2.44. The van der Waals surface area contributed by atoms with Gasteiger partial charge in [-0.3, -0.25) is 9.59 Å². The number of benzene rings is 1. The van der Waals surface area contributed by atoms with Gasteiger partial charge in [-0.15, -0.1) is 0 Å². The summed E-state index contributed by atoms with van der Waals surface area (Å²) in [5.41, 5.74) is 0.799. The van der Waals surface area contributed by atoms with E-state index in [-0.39, 0.29) is 17.9 Å². The SMILES string of the molecule is C[C@@H]1CCN(CCCN2CCN(C(=O)C=Cc3ccc(Cl)c(Cl)c3)CCC2=O)C[C@@H]1O. The van der Waals surface area contributed by atoms with Crippen LogP contribution in [0.4, 0.5) is 0 Å². The van der Waals surface area contributed by atoms with Gasteiger partial charge in [0.2, 0.25) is 11.8 Å². The number of piperidine rings is 1. The second-order valence-corrected chi connectivity index (χ2v) is 9.26. The predicted molar refractivity (Wildman–Crippen MR) is 124 cm³/mol. The lowest BCUT2D eigenvalue weighted by atomic mass is 9.96. The number of nitrogens with zero attached hydrogens (tertiary/aromatic N) is 3. The van der Waals surface area contributed by atoms with E-state index in [9.17, 15) is 14.7 Å². The number of carbonyl (C=O) groups is 2. The number of β-amino-alcohol motifs (C(OH)–C–C–N with tert-alkyl or cyclic N) is 1. The highest BCUT2D eigenvalue weighted by Gasteiger charge is 2.25. The van der Waals surface area contributed by atoms with Crippen LogP contribution in [0.1, 0.15) is 31.7 Å². The lowest BCUT2D eigenvalue weighted by Gasteiger charge is -2.34. The molecule has 2 fully saturated rings. The summed E-state index contributed by atoms with van der Waals surface area (Å²) in [7, 11) is 0. The molecule has 0 unspecified atom stereocenters. The maximum absolute atomic E-state index is 12.6. The van der Waals surface area contributed by atoms with Gasteiger partial charge >= 0.3 is 0 Å². The van der Waals surface area contributed by atoms with Crippen LogP contribution in [-0.4, -0.2) is 83.5 Å². The van der Waals surface area contributed by atoms with Gasteiger partial charge in [0, 0.05) is 45.2 Å². The Morgan fingerprint density at radius 1 is 1.16 bits per heavy atom. The molecule has 6 nitrogen and oxygen atoms in total. The van der Waals surface area contributed by atoms with Gasteiger partial charge in [-0.1, -0.05) is 36.2 Å². The summed E-state index contributed by atoms with van der Waals surface area (Å²) in [5, 5.41) is 11.0. The smallest absolute Gasteiger partial charge is 0.246 e. The summed E-state index contributed by atoms with van der Waals surface area (Å²) in [6.45, 7) is 6.86. The molecule has 170 valence electrons. The Morgan fingerprint density at radius 2 is 1.97 bits per heavy atom. The molecule has 1 aromatic carbocycles. The van der Waals surface area contributed by atoms with E-state index >= 15 is 0 Å². The monoisotopic (exact) mass is 467 g/mol. The molecule has 2 aliphatic heterocycles. The van der Waals surface area contributed by atoms with Crippen molar-refractivity contribution in [3.05, 3.63) is 39.9 Å². The molecule has 0 radical (unpaired) electrons. The van der Waals surface area contributed by atoms with Crippen molar-refractivity contribution in [3.63, 3.8) is 0 Å². The summed E-state index contributed by atoms with van der Waals surface area (Å²) >= 11 is 11.9. The fraction of sp³-hybridized carbons (Fsp3) is 0.565. The number of amides is 2. The summed E-state index contributed by atoms with van der Waals surface area (Å²) in [5.74, 6) is 0.339. The van der Waals surface area contributed by atoms with Gasteiger partial charge in [-0.05, 0) is 55.6 Å². The Bertz CT molecular complexity index is 817. The molecule has 31 heavy (non-hydrogen) atoms. The zero-order chi connectivity index (χ0) is 22.4. The first kappa shape index (κ1) is 24.1. The van der Waals surface area contributed by atoms with Gasteiger partial charge in [0.25, 0.3) is 0 Å². The van der Waals surface area contributed by atoms with Crippen LogP contribution in [0.5, 0.6) is 0 Å². The zero-order valence-corrected chi connectivity index (χ0v) is 19.5. The molecule has 1 aromatic rings. The number of halogens is 2. The normalized spacial score (nSPS) is 23.4. The number of hydrogen-bond acceptors (Lipinski definition) is 4. The molecule has 2 heterocycles. The van der Waals surface area contributed by atoms with Crippen molar-refractivity contribution < 1.29 is 14.7 Å². The Kier molecular flexibility index (Phi) is 8.78. The third-order valence-electron chi connectivity index (χ3n) is 6.17. The molecule has 2 saturated heterocycles. The maximum atomic E-state index is 12.6. The molecular formula is C23H31Cl2N3O3. The van der Waals surface area contributed by atoms with Crippen LogP contribution in [-0.2, 0) is 9.59 Å². The first-order valence-corrected chi connectivity index (χ1v) is 11.7. The largest absolute Gasteiger partial charge is 0.392 e. The number of aliphatic hydroxyl groups excluding tert-OH is 1. The second-order valence-electron chi connectivity index (χ2n) is 8.45. The van der Waals surface area contributed by atoms with E-state index in [0.29, 0.717) is 55.1 Å². The fourth-order valence-corrected chi connectivity index (χ4v) is 4.32. The molecule has 1 N–H and O–H groups in total. The molecule has 0 aliphatic carbocycles. The maximum Gasteiger partial charge on any atom is 0.246 e. The van der Waals surface area contributed by atoms with Crippen LogP contribution in [0.3, 0.4) is 0 Å². The van der Waals surface area contributed by atoms with Crippen LogP contribution in [0, 0.1) is 5.92 Å². The lowest BCUT2D eigenvalue weighted by molar-refractivity contribution is -0.130. The van der Waals surface area contributed by atoms with Crippen molar-refractivity contribution in [1.82, 2.24) is 14.7 Å². The number of hydrogen-bond donors (Lipinski definition) is 1. The summed E-state index contributed by atoms with van der Waals surface area (Å²) < 4.78 is 0. The average molecular weight is 468 g/mol. The van der Waals surface area contributed by atoms with E-state index in [1.807, 2.05) is 4.90 Å². The molecule has 2 aliphatic rings. The van der Waals surface area contributed by atoms with Crippen LogP contribution in [0.25, 0.3) is 6.08 Å². The van der Waals surface area contributed by atoms with Crippen molar-refractivity contribution in [1.29, 1.82) is 0 Å². The average Bonchev–Trinajstić information content (AvgIpc) is 2.93. The van der Waals surface area contributed by atoms with Gasteiger partial charge in [0.05, 0.1) is 16.1 Å². The van der Waals surface area contributed by atoms with Gasteiger partial charge in [-0.25, -0.2) is 0 Å². The van der Waals surface area contributed by atoms with Crippen LogP contribution >= 0.6 is 23.2 Å². The Balaban J connectivity index is 1.45. The van der Waals surface area contributed by atoms with E-state index in [4.69, 9.17) is 23.2 Å². The van der Waals surface area contributed by atoms with Gasteiger partial charge in [0.1, 0.15) is 0 Å². The molecule has 3 rings (SSSR count). The van der Waals surface area contributed by atoms with Crippen LogP contribution in [0.15, 0.2) is 24.3 Å². The standard InChI is InChI=1S/C23H31Cl2N3O3/c1-17-7-11-26(16-21(17)29)9-2-10-27-13-14-28(12-8-23(27)31)22(30)6-4-18-3-5-19(24)20(25)15-18/h3-6,15,17,21,29H,2,7-14,16H2,1H3/t17-,21+/m1/s1. The number of likely N-dealkylation sites (tertiary alicyclic amines) is 1. The fourth-order valence-electron chi connectivity index (χ4n) is 4.02. The van der Waals surface area contributed by atoms with Crippen LogP contribution < -0.4 is 0 Å². The number of rotatable bonds is 6. The van der Waals surface area contributed by atoms with E-state index in [1.165, 1.54) is 6.08 Å². The van der Waals surface area contributed by atoms with Crippen molar-refractivity contribution in [2.45, 2.75) is 32.3 Å². The minimum Gasteiger partial charge on any atom is -0.392 e. The molecule has 2 amide bonds. The molecular weight excluding hydrogens is 437 g/mol. The summed E-state index contributed by atoms with van der Waals surface area (Å²) in [4.78, 5) is 30.9. The van der Waals surface area contributed by atoms with E-state index < -0.39 is 0 Å². The first-order valence-electron chi connectivity index (χ1n) is 10.9. The second kappa shape index (κ2) is 11.3. The van der Waals surface area contributed by atoms with E-state index in [1.54, 1.807) is 29.2 Å². The quantitative estimate of drug-likeness (QED) is 0.652. The molecule has 2 atom stereocenters. The zero-order valence-electron chi connectivity index (χ0n) is 18.0. The highest BCUT2D eigenvalue weighted by molar-refractivity contribution is 6.42. The number of carbonyl (C=O) groups excluding carboxylic acids is 2. The molecule has 0 spiro atoms. The van der Waals surface area contributed by atoms with Crippen molar-refractivity contribution in [2.75, 3.05) is 45.8 Å². The molecule has 0 saturated carbocycles. The van der Waals surface area contributed by atoms with Crippen LogP contribution in [0.2, 0.25) is 10.0 Å². The minimum atomic E-state index is -0.259. The van der Waals surface area contributed by atoms with E-state index in [0.717, 1.165) is 31.5 Å². The minimum absolute atomic E-state index is 0.0936. The topological polar surface area (TPSA) is 64.1 Å². The summed E-state index contributed by atoms with van der Waals surface area (Å²) in [6, 6.07) is 5.21. The third-order valence-corrected chi connectivity index (χ3v) is 6.91. The molecule has 0 aromatic heterocycles. The molecule has 0 bridgehead atoms. The van der Waals surface area contributed by atoms with Crippen molar-refractivity contribution >= 4 is 41.1 Å². The predicted octanol–water partition coefficient (Wildman–Crippen LogP) is 3.16. The summed E-state index contributed by atoms with van der Waals surface area (Å²) in [6.07, 6.45) is 5.19. The number of aliphatic hydroxyl groups is 1. The van der Waals surface area contributed by atoms with E-state index in [2.05, 4.69) is 11.8 Å². The highest BCUT2D eigenvalue weighted by Crippen LogP contribution is 2.23.